The van der Waals surface area contributed by atoms with Crippen LogP contribution < -0.4 is 5.32 Å². The summed E-state index contributed by atoms with van der Waals surface area (Å²) in [5.41, 5.74) is 3.67. The molecule has 1 aromatic carbocycles. The van der Waals surface area contributed by atoms with Gasteiger partial charge in [0.2, 0.25) is 16.9 Å². The van der Waals surface area contributed by atoms with E-state index in [9.17, 15) is 9.59 Å². The summed E-state index contributed by atoms with van der Waals surface area (Å²) >= 11 is 4.68. The van der Waals surface area contributed by atoms with E-state index in [-0.39, 0.29) is 30.1 Å². The molecule has 1 N–H and O–H groups in total. The van der Waals surface area contributed by atoms with Crippen molar-refractivity contribution in [3.05, 3.63) is 51.5 Å². The number of amides is 2. The maximum atomic E-state index is 12.8. The van der Waals surface area contributed by atoms with Crippen LogP contribution in [-0.2, 0) is 27.3 Å². The zero-order valence-electron chi connectivity index (χ0n) is 22.5. The number of rotatable bonds is 9. The lowest BCUT2D eigenvalue weighted by molar-refractivity contribution is -0.132. The maximum absolute atomic E-state index is 12.8. The number of aryl methyl sites for hydroxylation is 1. The lowest BCUT2D eigenvalue weighted by atomic mass is 9.98. The van der Waals surface area contributed by atoms with E-state index in [1.165, 1.54) is 22.5 Å². The second-order valence-corrected chi connectivity index (χ2v) is 13.6. The quantitative estimate of drug-likeness (QED) is 0.273. The Morgan fingerprint density at radius 3 is 2.66 bits per heavy atom. The molecule has 204 valence electrons. The molecule has 0 saturated carbocycles. The molecule has 1 saturated heterocycles. The summed E-state index contributed by atoms with van der Waals surface area (Å²) in [6.07, 6.45) is 1.25. The molecule has 38 heavy (non-hydrogen) atoms. The first-order valence-corrected chi connectivity index (χ1v) is 15.6. The van der Waals surface area contributed by atoms with E-state index in [1.54, 1.807) is 23.1 Å². The molecular weight excluding hydrogens is 537 g/mol. The number of thiazole rings is 1. The molecule has 0 atom stereocenters. The van der Waals surface area contributed by atoms with Gasteiger partial charge in [0.15, 0.2) is 4.34 Å². The first kappa shape index (κ1) is 28.7. The number of carbonyl (C=O) groups excluding carboxylic acids is 2. The van der Waals surface area contributed by atoms with Crippen LogP contribution in [-0.4, -0.2) is 63.0 Å². The Morgan fingerprint density at radius 2 is 1.89 bits per heavy atom. The van der Waals surface area contributed by atoms with Crippen LogP contribution in [0.15, 0.2) is 34.0 Å². The second kappa shape index (κ2) is 13.1. The summed E-state index contributed by atoms with van der Waals surface area (Å²) in [5.74, 6) is 0.621. The highest BCUT2D eigenvalue weighted by Crippen LogP contribution is 2.29. The Hall–Kier alpha value is -2.34. The third-order valence-corrected chi connectivity index (χ3v) is 9.69. The minimum atomic E-state index is -0.209. The number of aromatic nitrogens is 3. The number of carbonyl (C=O) groups is 2. The van der Waals surface area contributed by atoms with E-state index in [2.05, 4.69) is 65.6 Å². The molecule has 11 heteroatoms. The lowest BCUT2D eigenvalue weighted by Crippen LogP contribution is -2.35. The molecule has 1 aliphatic rings. The van der Waals surface area contributed by atoms with Crippen molar-refractivity contribution in [2.45, 2.75) is 69.0 Å². The highest BCUT2D eigenvalue weighted by Gasteiger charge is 2.22. The van der Waals surface area contributed by atoms with E-state index in [0.717, 1.165) is 53.4 Å². The number of benzene rings is 1. The van der Waals surface area contributed by atoms with Crippen molar-refractivity contribution >= 4 is 51.4 Å². The molecule has 1 aliphatic heterocycles. The van der Waals surface area contributed by atoms with Gasteiger partial charge in [-0.1, -0.05) is 68.1 Å². The zero-order valence-corrected chi connectivity index (χ0v) is 25.0. The van der Waals surface area contributed by atoms with Gasteiger partial charge < -0.3 is 10.2 Å². The van der Waals surface area contributed by atoms with Crippen molar-refractivity contribution in [1.29, 1.82) is 0 Å². The normalized spacial score (nSPS) is 14.9. The molecule has 0 spiro atoms. The van der Waals surface area contributed by atoms with Crippen LogP contribution in [0.5, 0.6) is 0 Å². The van der Waals surface area contributed by atoms with Gasteiger partial charge in [0.05, 0.1) is 10.7 Å². The predicted molar refractivity (Wildman–Crippen MR) is 156 cm³/mol. The van der Waals surface area contributed by atoms with E-state index in [0.29, 0.717) is 11.7 Å². The number of anilines is 1. The van der Waals surface area contributed by atoms with Crippen LogP contribution in [0.1, 0.15) is 61.9 Å². The molecular formula is C27H36N6O2S3. The van der Waals surface area contributed by atoms with E-state index < -0.39 is 0 Å². The Bertz CT molecular complexity index is 1240. The number of hydrogen-bond acceptors (Lipinski definition) is 9. The molecule has 0 radical (unpaired) electrons. The van der Waals surface area contributed by atoms with Crippen LogP contribution in [0.25, 0.3) is 0 Å². The van der Waals surface area contributed by atoms with Gasteiger partial charge in [0.25, 0.3) is 0 Å². The monoisotopic (exact) mass is 572 g/mol. The standard InChI is InChI=1S/C27H36N6O2S3/c1-19-8-5-6-9-20(19)17-37-26-31-30-25(38-26)29-22(34)10-11-23(35)33-13-7-12-32(14-15-33)16-21-18-36-24(28-21)27(2,3)4/h5-6,8-9,18H,7,10-17H2,1-4H3,(H,29,30,34). The Balaban J connectivity index is 1.18. The summed E-state index contributed by atoms with van der Waals surface area (Å²) in [7, 11) is 0. The molecule has 4 rings (SSSR count). The first-order valence-electron chi connectivity index (χ1n) is 12.9. The minimum absolute atomic E-state index is 0.0254. The van der Waals surface area contributed by atoms with Crippen LogP contribution >= 0.6 is 34.4 Å². The number of hydrogen-bond donors (Lipinski definition) is 1. The molecule has 2 amide bonds. The van der Waals surface area contributed by atoms with Crippen LogP contribution in [0.4, 0.5) is 5.13 Å². The maximum Gasteiger partial charge on any atom is 0.226 e. The highest BCUT2D eigenvalue weighted by atomic mass is 32.2. The molecule has 0 aliphatic carbocycles. The van der Waals surface area contributed by atoms with Crippen molar-refractivity contribution in [2.24, 2.45) is 0 Å². The summed E-state index contributed by atoms with van der Waals surface area (Å²) in [6.45, 7) is 12.6. The molecule has 0 unspecified atom stereocenters. The molecule has 8 nitrogen and oxygen atoms in total. The molecule has 3 aromatic rings. The van der Waals surface area contributed by atoms with E-state index in [4.69, 9.17) is 4.98 Å². The van der Waals surface area contributed by atoms with Gasteiger partial charge in [-0.2, -0.15) is 0 Å². The zero-order chi connectivity index (χ0) is 27.1. The van der Waals surface area contributed by atoms with E-state index in [1.807, 2.05) is 17.0 Å². The first-order chi connectivity index (χ1) is 18.2. The van der Waals surface area contributed by atoms with Crippen molar-refractivity contribution in [3.63, 3.8) is 0 Å². The summed E-state index contributed by atoms with van der Waals surface area (Å²) < 4.78 is 0.807. The predicted octanol–water partition coefficient (Wildman–Crippen LogP) is 5.35. The van der Waals surface area contributed by atoms with Gasteiger partial charge in [-0.25, -0.2) is 4.98 Å². The SMILES string of the molecule is Cc1ccccc1CSc1nnc(NC(=O)CCC(=O)N2CCCN(Cc3csc(C(C)(C)C)n3)CC2)s1. The van der Waals surface area contributed by atoms with Gasteiger partial charge in [0, 0.05) is 62.1 Å². The van der Waals surface area contributed by atoms with Gasteiger partial charge in [-0.15, -0.1) is 21.5 Å². The van der Waals surface area contributed by atoms with Gasteiger partial charge >= 0.3 is 0 Å². The van der Waals surface area contributed by atoms with Gasteiger partial charge in [0.1, 0.15) is 0 Å². The van der Waals surface area contributed by atoms with Gasteiger partial charge in [-0.05, 0) is 24.5 Å². The molecule has 0 bridgehead atoms. The Morgan fingerprint density at radius 1 is 1.08 bits per heavy atom. The van der Waals surface area contributed by atoms with Gasteiger partial charge in [-0.3, -0.25) is 14.5 Å². The van der Waals surface area contributed by atoms with Crippen molar-refractivity contribution in [2.75, 3.05) is 31.5 Å². The van der Waals surface area contributed by atoms with Crippen LogP contribution in [0.2, 0.25) is 0 Å². The summed E-state index contributed by atoms with van der Waals surface area (Å²) in [5, 5.41) is 14.8. The van der Waals surface area contributed by atoms with Crippen molar-refractivity contribution < 1.29 is 9.59 Å². The highest BCUT2D eigenvalue weighted by molar-refractivity contribution is 8.00. The minimum Gasteiger partial charge on any atom is -0.341 e. The molecule has 1 fully saturated rings. The topological polar surface area (TPSA) is 91.3 Å². The number of thioether (sulfide) groups is 1. The van der Waals surface area contributed by atoms with Crippen molar-refractivity contribution in [3.8, 4) is 0 Å². The van der Waals surface area contributed by atoms with Crippen LogP contribution in [0.3, 0.4) is 0 Å². The fraction of sp³-hybridized carbons (Fsp3) is 0.519. The molecule has 2 aromatic heterocycles. The smallest absolute Gasteiger partial charge is 0.226 e. The Labute approximate surface area is 237 Å². The summed E-state index contributed by atoms with van der Waals surface area (Å²) in [6, 6.07) is 8.26. The third kappa shape index (κ3) is 8.33. The number of nitrogens with one attached hydrogen (secondary N) is 1. The second-order valence-electron chi connectivity index (χ2n) is 10.5. The average Bonchev–Trinajstić information content (AvgIpc) is 3.47. The average molecular weight is 573 g/mol. The number of nitrogens with zero attached hydrogens (tertiary/aromatic N) is 5. The van der Waals surface area contributed by atoms with Crippen molar-refractivity contribution in [1.82, 2.24) is 25.0 Å². The lowest BCUT2D eigenvalue weighted by Gasteiger charge is -2.21. The van der Waals surface area contributed by atoms with Crippen LogP contribution in [0, 0.1) is 6.92 Å². The Kier molecular flexibility index (Phi) is 9.91. The fourth-order valence-corrected chi connectivity index (χ4v) is 6.86. The third-order valence-electron chi connectivity index (χ3n) is 6.35. The largest absolute Gasteiger partial charge is 0.341 e. The summed E-state index contributed by atoms with van der Waals surface area (Å²) in [4.78, 5) is 34.4. The van der Waals surface area contributed by atoms with E-state index >= 15 is 0 Å². The fourth-order valence-electron chi connectivity index (χ4n) is 4.12. The molecule has 3 heterocycles.